The smallest absolute Gasteiger partial charge is 0.256 e. The minimum absolute atomic E-state index is 0.135. The van der Waals surface area contributed by atoms with Crippen LogP contribution in [0.2, 0.25) is 0 Å². The SMILES string of the molecule is Cc1cccc(C(=O)Nc2cc(-c3cccs3)nn2-c2nc3c(c(=O)[nH]2)CCCC3)c1. The summed E-state index contributed by atoms with van der Waals surface area (Å²) in [6, 6.07) is 13.1. The van der Waals surface area contributed by atoms with Crippen LogP contribution >= 0.6 is 11.3 Å². The fourth-order valence-electron chi connectivity index (χ4n) is 3.84. The lowest BCUT2D eigenvalue weighted by Crippen LogP contribution is -2.24. The molecule has 0 spiro atoms. The third-order valence-electron chi connectivity index (χ3n) is 5.38. The van der Waals surface area contributed by atoms with Gasteiger partial charge in [0, 0.05) is 17.2 Å². The third kappa shape index (κ3) is 3.82. The molecular weight excluding hydrogens is 410 g/mol. The second-order valence-corrected chi connectivity index (χ2v) is 8.60. The normalized spacial score (nSPS) is 13.1. The molecule has 4 aromatic rings. The first-order chi connectivity index (χ1) is 15.1. The van der Waals surface area contributed by atoms with Gasteiger partial charge in [0.25, 0.3) is 11.5 Å². The van der Waals surface area contributed by atoms with Gasteiger partial charge in [-0.15, -0.1) is 11.3 Å². The Kier molecular flexibility index (Phi) is 4.99. The van der Waals surface area contributed by atoms with Gasteiger partial charge in [0.15, 0.2) is 0 Å². The van der Waals surface area contributed by atoms with Crippen molar-refractivity contribution in [3.05, 3.63) is 80.6 Å². The van der Waals surface area contributed by atoms with E-state index in [1.165, 1.54) is 4.68 Å². The molecule has 0 saturated carbocycles. The Bertz CT molecular complexity index is 1320. The van der Waals surface area contributed by atoms with E-state index in [1.54, 1.807) is 23.5 Å². The van der Waals surface area contributed by atoms with Gasteiger partial charge in [-0.05, 0) is 56.2 Å². The first-order valence-electron chi connectivity index (χ1n) is 10.2. The molecule has 1 aliphatic rings. The maximum absolute atomic E-state index is 12.9. The summed E-state index contributed by atoms with van der Waals surface area (Å²) in [6.07, 6.45) is 3.53. The zero-order valence-electron chi connectivity index (χ0n) is 17.0. The number of H-pyrrole nitrogens is 1. The fourth-order valence-corrected chi connectivity index (χ4v) is 4.52. The van der Waals surface area contributed by atoms with E-state index in [1.807, 2.05) is 42.6 Å². The number of nitrogens with one attached hydrogen (secondary N) is 2. The number of amides is 1. The van der Waals surface area contributed by atoms with Gasteiger partial charge in [-0.3, -0.25) is 14.6 Å². The maximum Gasteiger partial charge on any atom is 0.256 e. The molecule has 0 bridgehead atoms. The van der Waals surface area contributed by atoms with Gasteiger partial charge in [0.05, 0.1) is 10.6 Å². The standard InChI is InChI=1S/C23H21N5O2S/c1-14-6-4-7-15(12-14)21(29)25-20-13-18(19-10-5-11-31-19)27-28(20)23-24-17-9-3-2-8-16(17)22(30)26-23/h4-7,10-13H,2-3,8-9H2,1H3,(H,25,29)(H,24,26,30). The molecule has 3 heterocycles. The second-order valence-electron chi connectivity index (χ2n) is 7.65. The molecule has 156 valence electrons. The average Bonchev–Trinajstić information content (AvgIpc) is 3.44. The number of hydrogen-bond acceptors (Lipinski definition) is 5. The van der Waals surface area contributed by atoms with Crippen molar-refractivity contribution in [3.8, 4) is 16.5 Å². The van der Waals surface area contributed by atoms with Gasteiger partial charge in [0.1, 0.15) is 11.5 Å². The van der Waals surface area contributed by atoms with Crippen LogP contribution in [0.1, 0.15) is 40.0 Å². The maximum atomic E-state index is 12.9. The van der Waals surface area contributed by atoms with Crippen LogP contribution in [-0.4, -0.2) is 25.7 Å². The third-order valence-corrected chi connectivity index (χ3v) is 6.28. The number of anilines is 1. The van der Waals surface area contributed by atoms with Crippen molar-refractivity contribution in [2.45, 2.75) is 32.6 Å². The number of aryl methyl sites for hydroxylation is 2. The van der Waals surface area contributed by atoms with Crippen molar-refractivity contribution in [2.75, 3.05) is 5.32 Å². The number of fused-ring (bicyclic) bond motifs is 1. The zero-order valence-corrected chi connectivity index (χ0v) is 17.8. The van der Waals surface area contributed by atoms with E-state index in [0.29, 0.717) is 23.0 Å². The first kappa shape index (κ1) is 19.4. The number of hydrogen-bond donors (Lipinski definition) is 2. The van der Waals surface area contributed by atoms with E-state index in [9.17, 15) is 9.59 Å². The Labute approximate surface area is 182 Å². The number of rotatable bonds is 4. The van der Waals surface area contributed by atoms with Gasteiger partial charge >= 0.3 is 0 Å². The zero-order chi connectivity index (χ0) is 21.4. The van der Waals surface area contributed by atoms with E-state index in [0.717, 1.165) is 47.4 Å². The highest BCUT2D eigenvalue weighted by Gasteiger charge is 2.20. The minimum Gasteiger partial charge on any atom is -0.306 e. The van der Waals surface area contributed by atoms with Crippen molar-refractivity contribution in [3.63, 3.8) is 0 Å². The van der Waals surface area contributed by atoms with Crippen LogP contribution in [-0.2, 0) is 12.8 Å². The van der Waals surface area contributed by atoms with Crippen LogP contribution in [0.5, 0.6) is 0 Å². The topological polar surface area (TPSA) is 92.7 Å². The summed E-state index contributed by atoms with van der Waals surface area (Å²) in [4.78, 5) is 34.1. The summed E-state index contributed by atoms with van der Waals surface area (Å²) in [6.45, 7) is 1.94. The number of aromatic amines is 1. The summed E-state index contributed by atoms with van der Waals surface area (Å²) in [5.74, 6) is 0.518. The van der Waals surface area contributed by atoms with Gasteiger partial charge in [-0.2, -0.15) is 9.78 Å². The molecule has 0 fully saturated rings. The lowest BCUT2D eigenvalue weighted by atomic mass is 9.97. The van der Waals surface area contributed by atoms with Crippen LogP contribution in [0.3, 0.4) is 0 Å². The lowest BCUT2D eigenvalue weighted by molar-refractivity contribution is 0.102. The van der Waals surface area contributed by atoms with E-state index < -0.39 is 0 Å². The van der Waals surface area contributed by atoms with Crippen molar-refractivity contribution in [1.82, 2.24) is 19.7 Å². The Morgan fingerprint density at radius 1 is 1.16 bits per heavy atom. The van der Waals surface area contributed by atoms with Gasteiger partial charge < -0.3 is 5.32 Å². The molecule has 1 amide bonds. The van der Waals surface area contributed by atoms with E-state index in [2.05, 4.69) is 15.4 Å². The average molecular weight is 432 g/mol. The number of carbonyl (C=O) groups excluding carboxylic acids is 1. The molecule has 7 nitrogen and oxygen atoms in total. The van der Waals surface area contributed by atoms with E-state index in [4.69, 9.17) is 4.98 Å². The van der Waals surface area contributed by atoms with Crippen LogP contribution < -0.4 is 10.9 Å². The first-order valence-corrected chi connectivity index (χ1v) is 11.1. The number of thiophene rings is 1. The van der Waals surface area contributed by atoms with Crippen LogP contribution in [0.25, 0.3) is 16.5 Å². The largest absolute Gasteiger partial charge is 0.306 e. The van der Waals surface area contributed by atoms with Crippen molar-refractivity contribution < 1.29 is 4.79 Å². The van der Waals surface area contributed by atoms with Crippen LogP contribution in [0, 0.1) is 6.92 Å². The molecule has 31 heavy (non-hydrogen) atoms. The van der Waals surface area contributed by atoms with E-state index >= 15 is 0 Å². The minimum atomic E-state index is -0.247. The second kappa shape index (κ2) is 7.96. The van der Waals surface area contributed by atoms with E-state index in [-0.39, 0.29) is 11.5 Å². The van der Waals surface area contributed by atoms with Crippen molar-refractivity contribution in [1.29, 1.82) is 0 Å². The lowest BCUT2D eigenvalue weighted by Gasteiger charge is -2.15. The molecule has 0 radical (unpaired) electrons. The summed E-state index contributed by atoms with van der Waals surface area (Å²) in [5, 5.41) is 9.57. The molecule has 1 aromatic carbocycles. The number of benzene rings is 1. The number of aromatic nitrogens is 4. The van der Waals surface area contributed by atoms with Crippen LogP contribution in [0.4, 0.5) is 5.82 Å². The highest BCUT2D eigenvalue weighted by Crippen LogP contribution is 2.28. The van der Waals surface area contributed by atoms with Gasteiger partial charge in [-0.1, -0.05) is 23.8 Å². The summed E-state index contributed by atoms with van der Waals surface area (Å²) in [5.41, 5.74) is 3.69. The fraction of sp³-hybridized carbons (Fsp3) is 0.217. The quantitative estimate of drug-likeness (QED) is 0.508. The Hall–Kier alpha value is -3.52. The molecule has 0 atom stereocenters. The highest BCUT2D eigenvalue weighted by atomic mass is 32.1. The van der Waals surface area contributed by atoms with Gasteiger partial charge in [0.2, 0.25) is 5.95 Å². The predicted octanol–water partition coefficient (Wildman–Crippen LogP) is 4.12. The monoisotopic (exact) mass is 431 g/mol. The molecule has 8 heteroatoms. The highest BCUT2D eigenvalue weighted by molar-refractivity contribution is 7.13. The molecule has 1 aliphatic carbocycles. The summed E-state index contributed by atoms with van der Waals surface area (Å²) < 4.78 is 1.51. The molecule has 0 aliphatic heterocycles. The molecule has 0 unspecified atom stereocenters. The van der Waals surface area contributed by atoms with Crippen molar-refractivity contribution in [2.24, 2.45) is 0 Å². The molecule has 2 N–H and O–H groups in total. The Morgan fingerprint density at radius 2 is 2.03 bits per heavy atom. The summed E-state index contributed by atoms with van der Waals surface area (Å²) in [7, 11) is 0. The van der Waals surface area contributed by atoms with Crippen molar-refractivity contribution >= 4 is 23.1 Å². The van der Waals surface area contributed by atoms with Crippen LogP contribution in [0.15, 0.2) is 52.6 Å². The van der Waals surface area contributed by atoms with Gasteiger partial charge in [-0.25, -0.2) is 4.98 Å². The Morgan fingerprint density at radius 3 is 2.84 bits per heavy atom. The Balaban J connectivity index is 1.59. The number of nitrogens with zero attached hydrogens (tertiary/aromatic N) is 3. The summed E-state index contributed by atoms with van der Waals surface area (Å²) >= 11 is 1.56. The molecular formula is C23H21N5O2S. The molecule has 0 saturated heterocycles. The number of carbonyl (C=O) groups is 1. The predicted molar refractivity (Wildman–Crippen MR) is 121 cm³/mol. The molecule has 3 aromatic heterocycles. The molecule has 5 rings (SSSR count).